The maximum absolute atomic E-state index is 13.3. The van der Waals surface area contributed by atoms with Crippen molar-refractivity contribution < 1.29 is 19.5 Å². The van der Waals surface area contributed by atoms with Crippen molar-refractivity contribution in [2.45, 2.75) is 0 Å². The van der Waals surface area contributed by atoms with Gasteiger partial charge < -0.3 is 10.4 Å². The quantitative estimate of drug-likeness (QED) is 0.256. The minimum absolute atomic E-state index is 0.0248. The number of nitrogens with one attached hydrogen (secondary N) is 1. The molecule has 0 radical (unpaired) electrons. The number of hydrogen-bond acceptors (Lipinski definition) is 6. The number of hydrogen-bond donors (Lipinski definition) is 2. The summed E-state index contributed by atoms with van der Waals surface area (Å²) >= 11 is 0. The van der Waals surface area contributed by atoms with E-state index in [9.17, 15) is 19.5 Å². The molecule has 0 aromatic heterocycles. The van der Waals surface area contributed by atoms with Gasteiger partial charge in [0.1, 0.15) is 5.69 Å². The van der Waals surface area contributed by atoms with E-state index in [4.69, 9.17) is 0 Å². The second-order valence-electron chi connectivity index (χ2n) is 8.77. The van der Waals surface area contributed by atoms with Crippen molar-refractivity contribution in [2.24, 2.45) is 10.2 Å². The lowest BCUT2D eigenvalue weighted by molar-refractivity contribution is 0.0979. The summed E-state index contributed by atoms with van der Waals surface area (Å²) in [5, 5.41) is 23.8. The molecule has 0 saturated carbocycles. The Bertz CT molecular complexity index is 1810. The molecule has 0 aliphatic heterocycles. The van der Waals surface area contributed by atoms with Gasteiger partial charge in [-0.15, -0.1) is 10.2 Å². The number of carbonyl (C=O) groups is 3. The Hall–Kier alpha value is -5.43. The van der Waals surface area contributed by atoms with Crippen LogP contribution in [-0.2, 0) is 0 Å². The molecule has 7 nitrogen and oxygen atoms in total. The summed E-state index contributed by atoms with van der Waals surface area (Å²) in [4.78, 5) is 39.5. The first kappa shape index (κ1) is 23.0. The SMILES string of the molecule is O=C(Nc1ccccc1)c1cc2ccccc2c(N=Nc2cccc3c2C(=O)c2ccccc2C3=O)c1O. The van der Waals surface area contributed by atoms with Crippen molar-refractivity contribution >= 4 is 45.3 Å². The first-order valence-electron chi connectivity index (χ1n) is 11.9. The highest BCUT2D eigenvalue weighted by atomic mass is 16.3. The Kier molecular flexibility index (Phi) is 5.58. The van der Waals surface area contributed by atoms with E-state index in [1.54, 1.807) is 91.0 Å². The van der Waals surface area contributed by atoms with Gasteiger partial charge in [-0.3, -0.25) is 14.4 Å². The number of rotatable bonds is 4. The molecule has 0 fully saturated rings. The van der Waals surface area contributed by atoms with Gasteiger partial charge in [0.05, 0.1) is 16.8 Å². The molecule has 38 heavy (non-hydrogen) atoms. The number of ketones is 2. The smallest absolute Gasteiger partial charge is 0.259 e. The Balaban J connectivity index is 1.45. The molecule has 0 saturated heterocycles. The molecule has 0 unspecified atom stereocenters. The molecule has 5 aromatic rings. The predicted octanol–water partition coefficient (Wildman–Crippen LogP) is 6.99. The molecule has 2 N–H and O–H groups in total. The molecule has 1 aliphatic rings. The van der Waals surface area contributed by atoms with E-state index in [1.807, 2.05) is 12.1 Å². The molecular weight excluding hydrogens is 478 g/mol. The van der Waals surface area contributed by atoms with E-state index in [1.165, 1.54) is 0 Å². The third-order valence-electron chi connectivity index (χ3n) is 6.46. The molecule has 0 atom stereocenters. The summed E-state index contributed by atoms with van der Waals surface area (Å²) in [6, 6.07) is 29.1. The van der Waals surface area contributed by atoms with Crippen molar-refractivity contribution in [3.8, 4) is 5.75 Å². The number of nitrogens with zero attached hydrogens (tertiary/aromatic N) is 2. The fourth-order valence-corrected chi connectivity index (χ4v) is 4.63. The summed E-state index contributed by atoms with van der Waals surface area (Å²) in [5.74, 6) is -1.45. The lowest BCUT2D eigenvalue weighted by Crippen LogP contribution is -2.20. The molecule has 1 amide bonds. The fraction of sp³-hybridized carbons (Fsp3) is 0. The first-order valence-corrected chi connectivity index (χ1v) is 11.9. The van der Waals surface area contributed by atoms with Gasteiger partial charge >= 0.3 is 0 Å². The number of phenolic OH excluding ortho intramolecular Hbond substituents is 1. The fourth-order valence-electron chi connectivity index (χ4n) is 4.63. The van der Waals surface area contributed by atoms with E-state index in [0.717, 1.165) is 0 Å². The number of fused-ring (bicyclic) bond motifs is 3. The minimum atomic E-state index is -0.509. The van der Waals surface area contributed by atoms with E-state index >= 15 is 0 Å². The maximum atomic E-state index is 13.3. The molecule has 6 rings (SSSR count). The highest BCUT2D eigenvalue weighted by Gasteiger charge is 2.31. The summed E-state index contributed by atoms with van der Waals surface area (Å²) in [5.41, 5.74) is 1.92. The summed E-state index contributed by atoms with van der Waals surface area (Å²) in [6.45, 7) is 0. The second kappa shape index (κ2) is 9.22. The predicted molar refractivity (Wildman–Crippen MR) is 144 cm³/mol. The van der Waals surface area contributed by atoms with Crippen LogP contribution in [0.4, 0.5) is 17.1 Å². The van der Waals surface area contributed by atoms with Crippen molar-refractivity contribution in [1.82, 2.24) is 0 Å². The lowest BCUT2D eigenvalue weighted by Gasteiger charge is -2.18. The van der Waals surface area contributed by atoms with Crippen LogP contribution in [0.3, 0.4) is 0 Å². The van der Waals surface area contributed by atoms with Crippen LogP contribution in [0.15, 0.2) is 113 Å². The number of benzene rings is 5. The largest absolute Gasteiger partial charge is 0.505 e. The Morgan fingerprint density at radius 2 is 1.34 bits per heavy atom. The number of azo groups is 1. The van der Waals surface area contributed by atoms with Gasteiger partial charge in [-0.2, -0.15) is 0 Å². The van der Waals surface area contributed by atoms with Gasteiger partial charge in [0.25, 0.3) is 5.91 Å². The monoisotopic (exact) mass is 497 g/mol. The maximum Gasteiger partial charge on any atom is 0.259 e. The normalized spacial score (nSPS) is 12.4. The van der Waals surface area contributed by atoms with E-state index in [0.29, 0.717) is 27.6 Å². The van der Waals surface area contributed by atoms with E-state index < -0.39 is 5.91 Å². The Morgan fingerprint density at radius 1 is 0.684 bits per heavy atom. The molecule has 0 spiro atoms. The zero-order chi connectivity index (χ0) is 26.2. The molecule has 182 valence electrons. The van der Waals surface area contributed by atoms with Crippen LogP contribution in [0, 0.1) is 0 Å². The number of phenols is 1. The number of amides is 1. The minimum Gasteiger partial charge on any atom is -0.505 e. The third kappa shape index (κ3) is 3.83. The molecule has 0 bridgehead atoms. The molecule has 5 aromatic carbocycles. The third-order valence-corrected chi connectivity index (χ3v) is 6.46. The van der Waals surface area contributed by atoms with Crippen molar-refractivity contribution in [2.75, 3.05) is 5.32 Å². The topological polar surface area (TPSA) is 108 Å². The molecule has 7 heteroatoms. The van der Waals surface area contributed by atoms with Gasteiger partial charge in [0.15, 0.2) is 17.3 Å². The summed E-state index contributed by atoms with van der Waals surface area (Å²) in [6.07, 6.45) is 0. The van der Waals surface area contributed by atoms with E-state index in [-0.39, 0.29) is 45.4 Å². The van der Waals surface area contributed by atoms with Crippen molar-refractivity contribution in [1.29, 1.82) is 0 Å². The average molecular weight is 498 g/mol. The van der Waals surface area contributed by atoms with Crippen LogP contribution in [0.2, 0.25) is 0 Å². The molecule has 1 aliphatic carbocycles. The molecule has 0 heterocycles. The zero-order valence-electron chi connectivity index (χ0n) is 19.9. The van der Waals surface area contributed by atoms with Gasteiger partial charge in [-0.25, -0.2) is 0 Å². The van der Waals surface area contributed by atoms with Crippen LogP contribution in [0.1, 0.15) is 42.2 Å². The van der Waals surface area contributed by atoms with Crippen molar-refractivity contribution in [3.05, 3.63) is 131 Å². The van der Waals surface area contributed by atoms with Crippen LogP contribution in [0.25, 0.3) is 10.8 Å². The number of para-hydroxylation sites is 1. The highest BCUT2D eigenvalue weighted by molar-refractivity contribution is 6.30. The van der Waals surface area contributed by atoms with Gasteiger partial charge in [0.2, 0.25) is 0 Å². The summed E-state index contributed by atoms with van der Waals surface area (Å²) < 4.78 is 0. The highest BCUT2D eigenvalue weighted by Crippen LogP contribution is 2.41. The standard InChI is InChI=1S/C31H19N3O4/c35-28-21-13-6-7-14-22(21)29(36)26-23(28)15-8-16-25(26)33-34-27-20-12-5-4-9-18(20)17-24(30(27)37)31(38)32-19-10-2-1-3-11-19/h1-17,37H,(H,32,38). The van der Waals surface area contributed by atoms with Crippen LogP contribution in [-0.4, -0.2) is 22.6 Å². The lowest BCUT2D eigenvalue weighted by atomic mass is 9.83. The van der Waals surface area contributed by atoms with Gasteiger partial charge in [0, 0.05) is 27.8 Å². The Morgan fingerprint density at radius 3 is 2.13 bits per heavy atom. The number of aromatic hydroxyl groups is 1. The van der Waals surface area contributed by atoms with Gasteiger partial charge in [-0.05, 0) is 29.7 Å². The van der Waals surface area contributed by atoms with Crippen LogP contribution >= 0.6 is 0 Å². The summed E-state index contributed by atoms with van der Waals surface area (Å²) in [7, 11) is 0. The first-order chi connectivity index (χ1) is 18.5. The second-order valence-corrected chi connectivity index (χ2v) is 8.77. The van der Waals surface area contributed by atoms with E-state index in [2.05, 4.69) is 15.5 Å². The average Bonchev–Trinajstić information content (AvgIpc) is 2.95. The molecular formula is C31H19N3O4. The Labute approximate surface area is 217 Å². The van der Waals surface area contributed by atoms with Gasteiger partial charge in [-0.1, -0.05) is 78.9 Å². The number of anilines is 1. The van der Waals surface area contributed by atoms with Crippen LogP contribution in [0.5, 0.6) is 5.75 Å². The van der Waals surface area contributed by atoms with Crippen molar-refractivity contribution in [3.63, 3.8) is 0 Å². The number of carbonyl (C=O) groups excluding carboxylic acids is 3. The van der Waals surface area contributed by atoms with Crippen LogP contribution < -0.4 is 5.32 Å². The zero-order valence-corrected chi connectivity index (χ0v) is 19.9.